The molecule has 0 aliphatic heterocycles. The summed E-state index contributed by atoms with van der Waals surface area (Å²) in [6.07, 6.45) is 0. The van der Waals surface area contributed by atoms with E-state index in [0.717, 1.165) is 6.07 Å². The molecule has 5 aromatic rings. The summed E-state index contributed by atoms with van der Waals surface area (Å²) in [5.74, 6) is -0.647. The number of nitrogens with one attached hydrogen (secondary N) is 1. The van der Waals surface area contributed by atoms with Gasteiger partial charge in [0.05, 0.1) is 106 Å². The zero-order valence-electron chi connectivity index (χ0n) is 41.2. The number of esters is 2. The van der Waals surface area contributed by atoms with Gasteiger partial charge >= 0.3 is 29.0 Å². The van der Waals surface area contributed by atoms with Crippen LogP contribution in [0.1, 0.15) is 32.0 Å². The Morgan fingerprint density at radius 3 is 1.27 bits per heavy atom. The second kappa shape index (κ2) is 50.9. The summed E-state index contributed by atoms with van der Waals surface area (Å²) in [4.78, 5) is 69.3. The van der Waals surface area contributed by atoms with Crippen LogP contribution >= 0.6 is 168 Å². The largest absolute Gasteiger partial charge is 1.00 e. The SMILES string of the molecule is CCOC(=O)CBr.CCOC(=O)CNCc1c([N+](=O)[O-])ccc(Cl)c1Cl.Cl.Clc1cccc(Cl)c1Cl.N#Cc1c([N+](=O)[O-])ccc(Cl)c1Cl.NCc1c([N+](=O)[O-])ccc(Cl)c1Cl.O=[N+]([O-])O.O=[N+]([O-])c1ccc(Cl)c(Cl)c1Cl.[B][B].[C-]#N.[Cu+].[HH]. The Bertz CT molecular complexity index is 2990. The fraction of sp³-hybridized carbons (Fsp3) is 0.190. The molecule has 24 nitrogen and oxygen atoms in total. The summed E-state index contributed by atoms with van der Waals surface area (Å²) in [5, 5.41) is 75.8. The van der Waals surface area contributed by atoms with Gasteiger partial charge < -0.3 is 37.6 Å². The quantitative estimate of drug-likeness (QED) is 0.0199. The number of hydrogen-bond donors (Lipinski definition) is 3. The minimum Gasteiger partial charge on any atom is -0.512 e. The van der Waals surface area contributed by atoms with Gasteiger partial charge in [0, 0.05) is 54.3 Å². The van der Waals surface area contributed by atoms with Gasteiger partial charge in [0.2, 0.25) is 0 Å². The number of alkyl halides is 1. The van der Waals surface area contributed by atoms with E-state index in [9.17, 15) is 50.0 Å². The van der Waals surface area contributed by atoms with Crippen molar-refractivity contribution in [3.8, 4) is 6.07 Å². The van der Waals surface area contributed by atoms with Crippen LogP contribution in [0.5, 0.6) is 0 Å². The second-order valence-corrected chi connectivity index (χ2v) is 17.9. The molecule has 0 unspecified atom stereocenters. The van der Waals surface area contributed by atoms with E-state index in [-0.39, 0.29) is 148 Å². The zero-order chi connectivity index (χ0) is 63.9. The van der Waals surface area contributed by atoms with Gasteiger partial charge in [-0.15, -0.1) is 22.5 Å². The first-order valence-electron chi connectivity index (χ1n) is 20.2. The van der Waals surface area contributed by atoms with Crippen molar-refractivity contribution in [1.29, 1.82) is 10.5 Å². The normalized spacial score (nSPS) is 8.93. The van der Waals surface area contributed by atoms with Gasteiger partial charge in [-0.05, 0) is 50.2 Å². The molecular weight excluding hydrogens is 1500 g/mol. The summed E-state index contributed by atoms with van der Waals surface area (Å²) in [6.45, 7) is 8.94. The van der Waals surface area contributed by atoms with Crippen molar-refractivity contribution in [3.63, 3.8) is 0 Å². The van der Waals surface area contributed by atoms with Crippen molar-refractivity contribution in [2.24, 2.45) is 5.73 Å². The summed E-state index contributed by atoms with van der Waals surface area (Å²) in [5.41, 5.74) is 4.78. The topological polar surface area (TPSA) is 374 Å². The smallest absolute Gasteiger partial charge is 0.512 e. The van der Waals surface area contributed by atoms with E-state index in [1.165, 1.54) is 42.5 Å². The molecule has 0 fully saturated rings. The molecule has 0 bridgehead atoms. The Morgan fingerprint density at radius 1 is 0.602 bits per heavy atom. The Balaban J connectivity index is -0.000000167. The maximum absolute atomic E-state index is 11.1. The number of nitriles is 1. The molecule has 0 aliphatic carbocycles. The molecule has 0 aliphatic rings. The second-order valence-electron chi connectivity index (χ2n) is 12.6. The molecule has 0 saturated heterocycles. The number of ether oxygens (including phenoxy) is 2. The van der Waals surface area contributed by atoms with Crippen LogP contribution in [0.2, 0.25) is 60.3 Å². The first-order chi connectivity index (χ1) is 37.9. The van der Waals surface area contributed by atoms with Gasteiger partial charge in [0.15, 0.2) is 0 Å². The number of nitro groups is 4. The number of halogens is 14. The zero-order valence-corrected chi connectivity index (χ0v) is 53.7. The van der Waals surface area contributed by atoms with Crippen LogP contribution in [-0.4, -0.2) is 82.5 Å². The first kappa shape index (κ1) is 89.8. The maximum Gasteiger partial charge on any atom is 1.00 e. The number of carbonyl (C=O) groups excluding carboxylic acids is 2. The number of hydrogen-bond acceptors (Lipinski definition) is 18. The predicted molar refractivity (Wildman–Crippen MR) is 325 cm³/mol. The fourth-order valence-corrected chi connectivity index (χ4v) is 6.97. The van der Waals surface area contributed by atoms with Crippen molar-refractivity contribution in [2.45, 2.75) is 26.9 Å². The molecule has 0 amide bonds. The monoisotopic (exact) mass is 1520 g/mol. The third-order valence-corrected chi connectivity index (χ3v) is 13.2. The van der Waals surface area contributed by atoms with Crippen LogP contribution in [0, 0.1) is 73.7 Å². The van der Waals surface area contributed by atoms with Crippen LogP contribution in [-0.2, 0) is 49.2 Å². The third-order valence-electron chi connectivity index (χ3n) is 7.73. The molecule has 5 aromatic carbocycles. The molecule has 4 N–H and O–H groups in total. The summed E-state index contributed by atoms with van der Waals surface area (Å²) in [6, 6.07) is 17.0. The minimum atomic E-state index is -1.50. The molecule has 454 valence electrons. The molecule has 4 radical (unpaired) electrons. The maximum atomic E-state index is 11.1. The van der Waals surface area contributed by atoms with Crippen LogP contribution in [0.25, 0.3) is 0 Å². The molecule has 0 heterocycles. The van der Waals surface area contributed by atoms with E-state index in [0.29, 0.717) is 27.0 Å². The number of rotatable bonds is 12. The Kier molecular flexibility index (Phi) is 55.1. The molecule has 41 heteroatoms. The summed E-state index contributed by atoms with van der Waals surface area (Å²) >= 11 is 70.7. The number of nitrogens with zero attached hydrogens (tertiary/aromatic N) is 7. The van der Waals surface area contributed by atoms with Crippen molar-refractivity contribution < 1.29 is 67.5 Å². The van der Waals surface area contributed by atoms with E-state index in [1.54, 1.807) is 38.1 Å². The number of nitro benzene ring substituents is 4. The van der Waals surface area contributed by atoms with Crippen molar-refractivity contribution >= 4 is 218 Å². The Hall–Kier alpha value is -4.36. The van der Waals surface area contributed by atoms with Crippen molar-refractivity contribution in [3.05, 3.63) is 201 Å². The standard InChI is InChI=1S/C11H12Cl2N2O4.C7H6Cl2N2O2.C7H2Cl2N2O2.C6H2Cl3NO2.C6H3Cl3.C4H7BrO2.CN.B2.ClH.Cu.HNO3.H2/c1-2-19-10(16)6-14-5-7-9(15(17)18)4-3-8(12)11(7)13;2*8-5-1-2-6(11(12)13)4(3-10)7(5)9;7-3-1-2-4(10(11)12)6(9)5(3)8;7-4-2-1-3-5(8)6(4)9;1-2-7-4(6)3-5;2*1-2;;;2-1(3)4;/h3-4,14H,2,5-6H2,1H3;1-2H,3,10H2;1-2H;1-2H;1-3H;2-3H2,1H3;;;1H;;(H,2,3,4);1H/q;;;;;;-1;;;+1;;. The van der Waals surface area contributed by atoms with Crippen molar-refractivity contribution in [1.82, 2.24) is 5.32 Å². The van der Waals surface area contributed by atoms with Gasteiger partial charge in [-0.3, -0.25) is 50.0 Å². The first-order valence-corrected chi connectivity index (χ1v) is 25.9. The Morgan fingerprint density at radius 2 is 0.928 bits per heavy atom. The number of benzene rings is 5. The van der Waals surface area contributed by atoms with Gasteiger partial charge in [-0.2, -0.15) is 5.26 Å². The van der Waals surface area contributed by atoms with Gasteiger partial charge in [0.1, 0.15) is 22.0 Å². The predicted octanol–water partition coefficient (Wildman–Crippen LogP) is 15.5. The Labute approximate surface area is 560 Å². The van der Waals surface area contributed by atoms with E-state index < -0.39 is 30.7 Å². The van der Waals surface area contributed by atoms with E-state index in [4.69, 9.17) is 182 Å². The molecule has 0 spiro atoms. The molecule has 0 atom stereocenters. The summed E-state index contributed by atoms with van der Waals surface area (Å²) in [7, 11) is 8.00. The van der Waals surface area contributed by atoms with Gasteiger partial charge in [0.25, 0.3) is 27.8 Å². The van der Waals surface area contributed by atoms with Gasteiger partial charge in [-0.25, -0.2) is 0 Å². The van der Waals surface area contributed by atoms with Crippen LogP contribution in [0.4, 0.5) is 22.7 Å². The fourth-order valence-electron chi connectivity index (χ4n) is 4.50. The van der Waals surface area contributed by atoms with Gasteiger partial charge in [-0.1, -0.05) is 161 Å². The number of carbonyl (C=O) groups is 2. The van der Waals surface area contributed by atoms with E-state index >= 15 is 0 Å². The third kappa shape index (κ3) is 35.6. The molecular formula is C42H36B2BrCl13CuN9O15. The molecule has 0 saturated carbocycles. The molecule has 83 heavy (non-hydrogen) atoms. The average Bonchev–Trinajstić information content (AvgIpc) is 3.41. The van der Waals surface area contributed by atoms with Crippen LogP contribution in [0.15, 0.2) is 66.7 Å². The van der Waals surface area contributed by atoms with Crippen LogP contribution < -0.4 is 11.1 Å². The van der Waals surface area contributed by atoms with Crippen molar-refractivity contribution in [2.75, 3.05) is 25.1 Å². The molecule has 5 rings (SSSR count). The summed E-state index contributed by atoms with van der Waals surface area (Å²) < 4.78 is 9.22. The van der Waals surface area contributed by atoms with E-state index in [2.05, 4.69) is 41.5 Å². The van der Waals surface area contributed by atoms with E-state index in [1.807, 2.05) is 0 Å². The molecule has 0 aromatic heterocycles. The number of nitrogens with two attached hydrogens (primary N) is 1. The van der Waals surface area contributed by atoms with Crippen LogP contribution in [0.3, 0.4) is 0 Å². The minimum absolute atomic E-state index is 0. The average molecular weight is 1530 g/mol.